The van der Waals surface area contributed by atoms with Gasteiger partial charge in [-0.2, -0.15) is 0 Å². The first kappa shape index (κ1) is 21.0. The number of aryl methyl sites for hydroxylation is 1. The summed E-state index contributed by atoms with van der Waals surface area (Å²) in [5.41, 5.74) is 7.26. The van der Waals surface area contributed by atoms with Crippen molar-refractivity contribution in [3.05, 3.63) is 65.7 Å². The van der Waals surface area contributed by atoms with Gasteiger partial charge in [0.2, 0.25) is 0 Å². The van der Waals surface area contributed by atoms with Gasteiger partial charge in [-0.15, -0.1) is 0 Å². The number of hydrogen-bond donors (Lipinski definition) is 2. The summed E-state index contributed by atoms with van der Waals surface area (Å²) in [5.74, 6) is -1.12. The molecule has 0 fully saturated rings. The lowest BCUT2D eigenvalue weighted by Crippen LogP contribution is -2.35. The molecule has 2 rings (SSSR count). The molecule has 0 radical (unpaired) electrons. The van der Waals surface area contributed by atoms with Gasteiger partial charge in [0.15, 0.2) is 0 Å². The maximum atomic E-state index is 12.9. The summed E-state index contributed by atoms with van der Waals surface area (Å²) in [6.07, 6.45) is 0.400. The second-order valence-electron chi connectivity index (χ2n) is 6.19. The third kappa shape index (κ3) is 6.14. The summed E-state index contributed by atoms with van der Waals surface area (Å²) in [7, 11) is -3.88. The van der Waals surface area contributed by atoms with Crippen LogP contribution in [0, 0.1) is 6.92 Å². The van der Waals surface area contributed by atoms with E-state index in [1.54, 1.807) is 12.1 Å². The molecule has 0 unspecified atom stereocenters. The van der Waals surface area contributed by atoms with Crippen LogP contribution in [0.2, 0.25) is 0 Å². The lowest BCUT2D eigenvalue weighted by atomic mass is 10.2. The molecule has 8 heteroatoms. The predicted octanol–water partition coefficient (Wildman–Crippen LogP) is 2.31. The van der Waals surface area contributed by atoms with Crippen LogP contribution in [-0.4, -0.2) is 36.5 Å². The van der Waals surface area contributed by atoms with Crippen molar-refractivity contribution in [3.63, 3.8) is 0 Å². The van der Waals surface area contributed by atoms with E-state index in [0.717, 1.165) is 15.6 Å². The number of nitrogens with two attached hydrogens (primary N) is 1. The van der Waals surface area contributed by atoms with Crippen molar-refractivity contribution in [2.45, 2.75) is 37.3 Å². The Balaban J connectivity index is 2.14. The molecule has 0 saturated heterocycles. The number of sulfonamides is 1. The fourth-order valence-electron chi connectivity index (χ4n) is 2.37. The third-order valence-corrected chi connectivity index (χ3v) is 5.67. The second-order valence-corrected chi connectivity index (χ2v) is 8.02. The monoisotopic (exact) mass is 392 g/mol. The standard InChI is InChI=1S/C19H24N2O5S/c1-15-9-11-17(12-10-15)27(24,25)21(13-5-8-18(20)19(22)23)26-14-16-6-3-2-4-7-16/h2-4,6-7,9-12,18H,5,8,13-14,20H2,1H3,(H,22,23)/t18-/m0/s1. The van der Waals surface area contributed by atoms with Gasteiger partial charge in [0.25, 0.3) is 10.0 Å². The lowest BCUT2D eigenvalue weighted by molar-refractivity contribution is -0.138. The van der Waals surface area contributed by atoms with Crippen molar-refractivity contribution in [3.8, 4) is 0 Å². The Morgan fingerprint density at radius 3 is 2.37 bits per heavy atom. The van der Waals surface area contributed by atoms with Gasteiger partial charge in [0.1, 0.15) is 6.04 Å². The number of carbonyl (C=O) groups is 1. The van der Waals surface area contributed by atoms with E-state index in [1.807, 2.05) is 37.3 Å². The van der Waals surface area contributed by atoms with Crippen LogP contribution in [0.3, 0.4) is 0 Å². The van der Waals surface area contributed by atoms with Crippen molar-refractivity contribution in [2.24, 2.45) is 5.73 Å². The minimum Gasteiger partial charge on any atom is -0.480 e. The highest BCUT2D eigenvalue weighted by Gasteiger charge is 2.26. The van der Waals surface area contributed by atoms with Gasteiger partial charge in [-0.1, -0.05) is 52.5 Å². The zero-order valence-corrected chi connectivity index (χ0v) is 15.9. The molecule has 27 heavy (non-hydrogen) atoms. The van der Waals surface area contributed by atoms with Crippen molar-refractivity contribution >= 4 is 16.0 Å². The highest BCUT2D eigenvalue weighted by molar-refractivity contribution is 7.89. The molecule has 0 aliphatic rings. The number of hydroxylamine groups is 1. The highest BCUT2D eigenvalue weighted by atomic mass is 32.2. The SMILES string of the molecule is Cc1ccc(S(=O)(=O)N(CCC[C@H](N)C(=O)O)OCc2ccccc2)cc1. The molecule has 0 amide bonds. The van der Waals surface area contributed by atoms with Crippen LogP contribution in [0.15, 0.2) is 59.5 Å². The number of benzene rings is 2. The molecule has 0 heterocycles. The first-order chi connectivity index (χ1) is 12.8. The van der Waals surface area contributed by atoms with Crippen LogP contribution in [0.1, 0.15) is 24.0 Å². The molecule has 2 aromatic carbocycles. The Labute approximate surface area is 159 Å². The molecule has 2 aromatic rings. The van der Waals surface area contributed by atoms with Gasteiger partial charge in [-0.05, 0) is 37.5 Å². The van der Waals surface area contributed by atoms with Gasteiger partial charge >= 0.3 is 5.97 Å². The van der Waals surface area contributed by atoms with Gasteiger partial charge in [-0.25, -0.2) is 8.42 Å². The maximum Gasteiger partial charge on any atom is 0.320 e. The van der Waals surface area contributed by atoms with E-state index in [2.05, 4.69) is 0 Å². The van der Waals surface area contributed by atoms with Crippen LogP contribution in [0.4, 0.5) is 0 Å². The van der Waals surface area contributed by atoms with Crippen LogP contribution in [-0.2, 0) is 26.3 Å². The van der Waals surface area contributed by atoms with E-state index >= 15 is 0 Å². The predicted molar refractivity (Wildman–Crippen MR) is 101 cm³/mol. The van der Waals surface area contributed by atoms with E-state index in [1.165, 1.54) is 12.1 Å². The Morgan fingerprint density at radius 1 is 1.15 bits per heavy atom. The minimum absolute atomic E-state index is 0.00399. The summed E-state index contributed by atoms with van der Waals surface area (Å²) < 4.78 is 26.8. The first-order valence-electron chi connectivity index (χ1n) is 8.55. The van der Waals surface area contributed by atoms with E-state index in [4.69, 9.17) is 15.7 Å². The summed E-state index contributed by atoms with van der Waals surface area (Å²) in [6, 6.07) is 14.6. The minimum atomic E-state index is -3.88. The van der Waals surface area contributed by atoms with Gasteiger partial charge in [-0.3, -0.25) is 9.63 Å². The van der Waals surface area contributed by atoms with Gasteiger partial charge < -0.3 is 10.8 Å². The van der Waals surface area contributed by atoms with Crippen molar-refractivity contribution in [1.82, 2.24) is 4.47 Å². The summed E-state index contributed by atoms with van der Waals surface area (Å²) in [4.78, 5) is 16.5. The van der Waals surface area contributed by atoms with Crippen molar-refractivity contribution < 1.29 is 23.2 Å². The number of carboxylic acids is 1. The molecule has 146 valence electrons. The van der Waals surface area contributed by atoms with E-state index in [0.29, 0.717) is 0 Å². The molecule has 3 N–H and O–H groups in total. The van der Waals surface area contributed by atoms with E-state index in [-0.39, 0.29) is 30.9 Å². The number of carboxylic acid groups (broad SMARTS) is 1. The van der Waals surface area contributed by atoms with Crippen LogP contribution < -0.4 is 5.73 Å². The number of aliphatic carboxylic acids is 1. The molecule has 1 atom stereocenters. The molecular formula is C19H24N2O5S. The van der Waals surface area contributed by atoms with Crippen molar-refractivity contribution in [2.75, 3.05) is 6.54 Å². The number of nitrogens with zero attached hydrogens (tertiary/aromatic N) is 1. The summed E-state index contributed by atoms with van der Waals surface area (Å²) >= 11 is 0. The number of rotatable bonds is 10. The topological polar surface area (TPSA) is 110 Å². The van der Waals surface area contributed by atoms with Gasteiger partial charge in [0, 0.05) is 6.54 Å². The first-order valence-corrected chi connectivity index (χ1v) is 9.99. The largest absolute Gasteiger partial charge is 0.480 e. The zero-order chi connectivity index (χ0) is 19.9. The lowest BCUT2D eigenvalue weighted by Gasteiger charge is -2.22. The molecule has 0 bridgehead atoms. The second kappa shape index (κ2) is 9.61. The van der Waals surface area contributed by atoms with Crippen LogP contribution >= 0.6 is 0 Å². The Bertz CT molecular complexity index is 838. The van der Waals surface area contributed by atoms with E-state index < -0.39 is 22.0 Å². The average Bonchev–Trinajstić information content (AvgIpc) is 2.65. The molecule has 0 spiro atoms. The summed E-state index contributed by atoms with van der Waals surface area (Å²) in [5, 5.41) is 8.88. The fraction of sp³-hybridized carbons (Fsp3) is 0.316. The Morgan fingerprint density at radius 2 is 1.78 bits per heavy atom. The van der Waals surface area contributed by atoms with Crippen LogP contribution in [0.5, 0.6) is 0 Å². The zero-order valence-electron chi connectivity index (χ0n) is 15.1. The highest BCUT2D eigenvalue weighted by Crippen LogP contribution is 2.19. The average molecular weight is 392 g/mol. The molecule has 0 aliphatic carbocycles. The normalized spacial score (nSPS) is 12.9. The van der Waals surface area contributed by atoms with Gasteiger partial charge in [0.05, 0.1) is 11.5 Å². The maximum absolute atomic E-state index is 12.9. The molecule has 7 nitrogen and oxygen atoms in total. The number of hydrogen-bond acceptors (Lipinski definition) is 5. The van der Waals surface area contributed by atoms with Crippen LogP contribution in [0.25, 0.3) is 0 Å². The van der Waals surface area contributed by atoms with Crippen molar-refractivity contribution in [1.29, 1.82) is 0 Å². The summed E-state index contributed by atoms with van der Waals surface area (Å²) in [6.45, 7) is 1.95. The van der Waals surface area contributed by atoms with E-state index in [9.17, 15) is 13.2 Å². The molecule has 0 aliphatic heterocycles. The molecule has 0 aromatic heterocycles. The third-order valence-electron chi connectivity index (χ3n) is 3.98. The smallest absolute Gasteiger partial charge is 0.320 e. The molecule has 0 saturated carbocycles. The quantitative estimate of drug-likeness (QED) is 0.601. The fourth-order valence-corrected chi connectivity index (χ4v) is 3.64. The Kier molecular flexibility index (Phi) is 7.49. The molecular weight excluding hydrogens is 368 g/mol. The Hall–Kier alpha value is -2.26.